The summed E-state index contributed by atoms with van der Waals surface area (Å²) in [6.07, 6.45) is -0.804. The van der Waals surface area contributed by atoms with Crippen molar-refractivity contribution in [1.82, 2.24) is 0 Å². The highest BCUT2D eigenvalue weighted by atomic mass is 32.2. The fourth-order valence-electron chi connectivity index (χ4n) is 1.03. The van der Waals surface area contributed by atoms with E-state index >= 15 is 0 Å². The molecular weight excluding hydrogens is 197 g/mol. The van der Waals surface area contributed by atoms with Crippen molar-refractivity contribution in [1.29, 1.82) is 0 Å². The first-order chi connectivity index (χ1) is 6.05. The van der Waals surface area contributed by atoms with Crippen LogP contribution in [-0.2, 0) is 11.9 Å². The third-order valence-electron chi connectivity index (χ3n) is 1.58. The summed E-state index contributed by atoms with van der Waals surface area (Å²) < 4.78 is 37.0. The van der Waals surface area contributed by atoms with Crippen LogP contribution in [0.15, 0.2) is 24.3 Å². The summed E-state index contributed by atoms with van der Waals surface area (Å²) in [7, 11) is 0. The maximum absolute atomic E-state index is 12.3. The van der Waals surface area contributed by atoms with Crippen LogP contribution in [0.25, 0.3) is 0 Å². The molecule has 1 aromatic rings. The Bertz CT molecular complexity index is 280. The van der Waals surface area contributed by atoms with Crippen molar-refractivity contribution in [2.45, 2.75) is 11.9 Å². The van der Waals surface area contributed by atoms with Gasteiger partial charge in [-0.2, -0.15) is 24.9 Å². The van der Waals surface area contributed by atoms with E-state index < -0.39 is 11.7 Å². The maximum Gasteiger partial charge on any atom is 0.416 e. The second kappa shape index (κ2) is 4.05. The number of alkyl halides is 3. The SMILES string of the molecule is [CH2]SCc1ccccc1C(F)(F)F. The summed E-state index contributed by atoms with van der Waals surface area (Å²) >= 11 is 1.13. The highest BCUT2D eigenvalue weighted by molar-refractivity contribution is 7.99. The lowest BCUT2D eigenvalue weighted by molar-refractivity contribution is -0.138. The van der Waals surface area contributed by atoms with E-state index in [4.69, 9.17) is 0 Å². The molecule has 0 aliphatic rings. The van der Waals surface area contributed by atoms with E-state index in [2.05, 4.69) is 6.26 Å². The molecule has 1 rings (SSSR count). The zero-order valence-corrected chi connectivity index (χ0v) is 7.58. The molecule has 0 aliphatic heterocycles. The number of rotatable bonds is 2. The van der Waals surface area contributed by atoms with Crippen molar-refractivity contribution in [3.63, 3.8) is 0 Å². The van der Waals surface area contributed by atoms with Crippen LogP contribution in [0.3, 0.4) is 0 Å². The van der Waals surface area contributed by atoms with E-state index in [1.807, 2.05) is 0 Å². The molecule has 0 unspecified atom stereocenters. The number of hydrogen-bond acceptors (Lipinski definition) is 1. The van der Waals surface area contributed by atoms with Crippen LogP contribution < -0.4 is 0 Å². The van der Waals surface area contributed by atoms with E-state index in [1.165, 1.54) is 12.1 Å². The Balaban J connectivity index is 3.05. The predicted molar refractivity (Wildman–Crippen MR) is 48.1 cm³/mol. The van der Waals surface area contributed by atoms with Crippen molar-refractivity contribution in [2.75, 3.05) is 0 Å². The molecule has 0 spiro atoms. The van der Waals surface area contributed by atoms with Gasteiger partial charge in [0.25, 0.3) is 0 Å². The monoisotopic (exact) mass is 205 g/mol. The molecule has 0 fully saturated rings. The molecule has 0 atom stereocenters. The molecule has 0 aromatic heterocycles. The van der Waals surface area contributed by atoms with Crippen LogP contribution in [0.5, 0.6) is 0 Å². The van der Waals surface area contributed by atoms with Crippen molar-refractivity contribution in [2.24, 2.45) is 0 Å². The molecule has 1 aromatic carbocycles. The summed E-state index contributed by atoms with van der Waals surface area (Å²) in [5.41, 5.74) is -0.277. The summed E-state index contributed by atoms with van der Waals surface area (Å²) in [5, 5.41) is 0. The number of thioether (sulfide) groups is 1. The Kier molecular flexibility index (Phi) is 3.25. The zero-order chi connectivity index (χ0) is 9.90. The van der Waals surface area contributed by atoms with Crippen LogP contribution in [0.2, 0.25) is 0 Å². The molecule has 71 valence electrons. The first-order valence-electron chi connectivity index (χ1n) is 3.58. The normalized spacial score (nSPS) is 11.7. The summed E-state index contributed by atoms with van der Waals surface area (Å²) in [5.74, 6) is 0.287. The van der Waals surface area contributed by atoms with Gasteiger partial charge in [0.1, 0.15) is 0 Å². The van der Waals surface area contributed by atoms with Crippen LogP contribution >= 0.6 is 11.8 Å². The smallest absolute Gasteiger partial charge is 0.166 e. The Labute approximate surface area is 79.1 Å². The van der Waals surface area contributed by atoms with Gasteiger partial charge in [0.2, 0.25) is 0 Å². The van der Waals surface area contributed by atoms with E-state index in [0.29, 0.717) is 0 Å². The highest BCUT2D eigenvalue weighted by Gasteiger charge is 2.32. The van der Waals surface area contributed by atoms with Gasteiger partial charge in [-0.3, -0.25) is 0 Å². The third kappa shape index (κ3) is 2.66. The summed E-state index contributed by atoms with van der Waals surface area (Å²) in [6.45, 7) is 0. The van der Waals surface area contributed by atoms with Gasteiger partial charge < -0.3 is 0 Å². The molecule has 0 nitrogen and oxygen atoms in total. The van der Waals surface area contributed by atoms with Gasteiger partial charge in [0.15, 0.2) is 0 Å². The topological polar surface area (TPSA) is 0 Å². The Morgan fingerprint density at radius 1 is 1.23 bits per heavy atom. The Morgan fingerprint density at radius 3 is 2.38 bits per heavy atom. The lowest BCUT2D eigenvalue weighted by Crippen LogP contribution is -2.08. The van der Waals surface area contributed by atoms with E-state index in [9.17, 15) is 13.2 Å². The van der Waals surface area contributed by atoms with Crippen LogP contribution in [0.4, 0.5) is 13.2 Å². The minimum absolute atomic E-state index is 0.287. The average Bonchev–Trinajstić information content (AvgIpc) is 2.04. The van der Waals surface area contributed by atoms with Crippen molar-refractivity contribution in [3.8, 4) is 0 Å². The number of benzene rings is 1. The van der Waals surface area contributed by atoms with E-state index in [1.54, 1.807) is 6.07 Å². The standard InChI is InChI=1S/C9H8F3S/c1-13-6-7-4-2-3-5-8(7)9(10,11)12/h2-5H,1,6H2. The summed E-state index contributed by atoms with van der Waals surface area (Å²) in [4.78, 5) is 0. The lowest BCUT2D eigenvalue weighted by atomic mass is 10.1. The van der Waals surface area contributed by atoms with E-state index in [0.717, 1.165) is 17.8 Å². The van der Waals surface area contributed by atoms with Crippen LogP contribution in [0, 0.1) is 6.26 Å². The second-order valence-corrected chi connectivity index (χ2v) is 3.20. The quantitative estimate of drug-likeness (QED) is 0.708. The third-order valence-corrected chi connectivity index (χ3v) is 2.10. The molecule has 13 heavy (non-hydrogen) atoms. The molecule has 0 aliphatic carbocycles. The zero-order valence-electron chi connectivity index (χ0n) is 6.77. The first-order valence-corrected chi connectivity index (χ1v) is 4.73. The number of hydrogen-bond donors (Lipinski definition) is 0. The van der Waals surface area contributed by atoms with Gasteiger partial charge in [-0.25, -0.2) is 0 Å². The van der Waals surface area contributed by atoms with Crippen molar-refractivity contribution >= 4 is 11.8 Å². The van der Waals surface area contributed by atoms with E-state index in [-0.39, 0.29) is 11.3 Å². The first kappa shape index (κ1) is 10.4. The van der Waals surface area contributed by atoms with Crippen molar-refractivity contribution < 1.29 is 13.2 Å². The average molecular weight is 205 g/mol. The fraction of sp³-hybridized carbons (Fsp3) is 0.222. The highest BCUT2D eigenvalue weighted by Crippen LogP contribution is 2.33. The molecule has 0 bridgehead atoms. The molecule has 0 saturated heterocycles. The molecule has 0 N–H and O–H groups in total. The van der Waals surface area contributed by atoms with Crippen LogP contribution in [-0.4, -0.2) is 0 Å². The van der Waals surface area contributed by atoms with Gasteiger partial charge in [-0.15, -0.1) is 0 Å². The van der Waals surface area contributed by atoms with Crippen molar-refractivity contribution in [3.05, 3.63) is 41.6 Å². The maximum atomic E-state index is 12.3. The second-order valence-electron chi connectivity index (χ2n) is 2.50. The molecule has 0 amide bonds. The van der Waals surface area contributed by atoms with Gasteiger partial charge in [0, 0.05) is 12.0 Å². The largest absolute Gasteiger partial charge is 0.416 e. The fourth-order valence-corrected chi connectivity index (χ4v) is 1.50. The van der Waals surface area contributed by atoms with Gasteiger partial charge in [-0.05, 0) is 11.6 Å². The lowest BCUT2D eigenvalue weighted by Gasteiger charge is -2.11. The molecule has 4 heteroatoms. The minimum Gasteiger partial charge on any atom is -0.166 e. The molecule has 1 radical (unpaired) electrons. The van der Waals surface area contributed by atoms with Crippen LogP contribution in [0.1, 0.15) is 11.1 Å². The van der Waals surface area contributed by atoms with Gasteiger partial charge >= 0.3 is 6.18 Å². The summed E-state index contributed by atoms with van der Waals surface area (Å²) in [6, 6.07) is 5.55. The predicted octanol–water partition coefficient (Wildman–Crippen LogP) is 3.73. The molecule has 0 saturated carbocycles. The van der Waals surface area contributed by atoms with Gasteiger partial charge in [0.05, 0.1) is 5.56 Å². The van der Waals surface area contributed by atoms with Gasteiger partial charge in [-0.1, -0.05) is 18.2 Å². The number of halogens is 3. The minimum atomic E-state index is -4.26. The molecule has 0 heterocycles. The Hall–Kier alpha value is -0.640. The molecular formula is C9H8F3S. The Morgan fingerprint density at radius 2 is 1.85 bits per heavy atom.